The highest BCUT2D eigenvalue weighted by Gasteiger charge is 2.22. The molecule has 1 N–H and O–H groups in total. The maximum absolute atomic E-state index is 10.5. The second-order valence-corrected chi connectivity index (χ2v) is 6.16. The smallest absolute Gasteiger partial charge is 0.303 e. The van der Waals surface area contributed by atoms with Gasteiger partial charge >= 0.3 is 5.97 Å². The van der Waals surface area contributed by atoms with Gasteiger partial charge in [0.2, 0.25) is 0 Å². The van der Waals surface area contributed by atoms with Crippen LogP contribution in [0.3, 0.4) is 0 Å². The van der Waals surface area contributed by atoms with Crippen LogP contribution in [0.25, 0.3) is 0 Å². The summed E-state index contributed by atoms with van der Waals surface area (Å²) in [5.74, 6) is -0.731. The van der Waals surface area contributed by atoms with E-state index < -0.39 is 5.97 Å². The van der Waals surface area contributed by atoms with Crippen LogP contribution in [-0.2, 0) is 23.8 Å². The molecule has 5 nitrogen and oxygen atoms in total. The largest absolute Gasteiger partial charge is 0.481 e. The van der Waals surface area contributed by atoms with Gasteiger partial charge < -0.3 is 10.0 Å². The zero-order chi connectivity index (χ0) is 14.6. The van der Waals surface area contributed by atoms with Gasteiger partial charge in [0.25, 0.3) is 0 Å². The van der Waals surface area contributed by atoms with Crippen LogP contribution in [0.1, 0.15) is 44.9 Å². The van der Waals surface area contributed by atoms with E-state index in [0.29, 0.717) is 6.42 Å². The molecule has 5 heteroatoms. The van der Waals surface area contributed by atoms with Crippen LogP contribution in [0.4, 0.5) is 0 Å². The number of aromatic nitrogens is 2. The maximum Gasteiger partial charge on any atom is 0.303 e. The maximum atomic E-state index is 10.5. The molecule has 1 aromatic heterocycles. The molecule has 0 aliphatic rings. The van der Waals surface area contributed by atoms with Gasteiger partial charge in [0.15, 0.2) is 0 Å². The van der Waals surface area contributed by atoms with Crippen molar-refractivity contribution in [3.05, 3.63) is 17.5 Å². The van der Waals surface area contributed by atoms with Crippen molar-refractivity contribution >= 4 is 5.97 Å². The minimum atomic E-state index is -0.731. The summed E-state index contributed by atoms with van der Waals surface area (Å²) in [7, 11) is 3.95. The van der Waals surface area contributed by atoms with Crippen LogP contribution in [0.5, 0.6) is 0 Å². The Balaban J connectivity index is 2.64. The second-order valence-electron chi connectivity index (χ2n) is 6.16. The van der Waals surface area contributed by atoms with Crippen LogP contribution in [0.2, 0.25) is 0 Å². The van der Waals surface area contributed by atoms with Gasteiger partial charge in [-0.15, -0.1) is 0 Å². The molecule has 0 aromatic carbocycles. The van der Waals surface area contributed by atoms with Crippen LogP contribution in [0, 0.1) is 0 Å². The molecule has 0 spiro atoms. The fourth-order valence-corrected chi connectivity index (χ4v) is 2.15. The van der Waals surface area contributed by atoms with E-state index in [2.05, 4.69) is 30.8 Å². The molecule has 108 valence electrons. The highest BCUT2D eigenvalue weighted by molar-refractivity contribution is 5.66. The zero-order valence-electron chi connectivity index (χ0n) is 12.6. The number of carbonyl (C=O) groups is 1. The molecule has 1 aromatic rings. The Kier molecular flexibility index (Phi) is 5.11. The predicted molar refractivity (Wildman–Crippen MR) is 75.1 cm³/mol. The van der Waals surface area contributed by atoms with Crippen molar-refractivity contribution in [1.82, 2.24) is 14.7 Å². The molecule has 0 radical (unpaired) electrons. The van der Waals surface area contributed by atoms with Gasteiger partial charge in [0.05, 0.1) is 5.69 Å². The summed E-state index contributed by atoms with van der Waals surface area (Å²) in [6.45, 7) is 8.06. The number of carboxylic acid groups (broad SMARTS) is 1. The molecule has 0 saturated heterocycles. The SMILES string of the molecule is CN(CCCC(=O)O)Cc1cn(C)nc1C(C)(C)C. The first-order chi connectivity index (χ1) is 8.70. The molecule has 1 rings (SSSR count). The number of nitrogens with zero attached hydrogens (tertiary/aromatic N) is 3. The fourth-order valence-electron chi connectivity index (χ4n) is 2.15. The first-order valence-corrected chi connectivity index (χ1v) is 6.63. The zero-order valence-corrected chi connectivity index (χ0v) is 12.6. The molecule has 0 amide bonds. The lowest BCUT2D eigenvalue weighted by atomic mass is 9.89. The molecule has 0 aliphatic carbocycles. The second kappa shape index (κ2) is 6.19. The minimum Gasteiger partial charge on any atom is -0.481 e. The van der Waals surface area contributed by atoms with Crippen molar-refractivity contribution in [2.75, 3.05) is 13.6 Å². The number of hydrogen-bond donors (Lipinski definition) is 1. The number of aliphatic carboxylic acids is 1. The summed E-state index contributed by atoms with van der Waals surface area (Å²) in [5.41, 5.74) is 2.35. The van der Waals surface area contributed by atoms with Gasteiger partial charge in [-0.2, -0.15) is 5.10 Å². The predicted octanol–water partition coefficient (Wildman–Crippen LogP) is 2.01. The Morgan fingerprint density at radius 2 is 2.11 bits per heavy atom. The first-order valence-electron chi connectivity index (χ1n) is 6.63. The molecule has 0 saturated carbocycles. The van der Waals surface area contributed by atoms with Crippen LogP contribution in [-0.4, -0.2) is 39.3 Å². The summed E-state index contributed by atoms with van der Waals surface area (Å²) in [4.78, 5) is 12.6. The number of aryl methyl sites for hydroxylation is 1. The van der Waals surface area contributed by atoms with Gasteiger partial charge in [0, 0.05) is 37.2 Å². The van der Waals surface area contributed by atoms with E-state index in [-0.39, 0.29) is 11.8 Å². The van der Waals surface area contributed by atoms with Gasteiger partial charge in [-0.3, -0.25) is 9.48 Å². The Morgan fingerprint density at radius 3 is 2.63 bits per heavy atom. The van der Waals surface area contributed by atoms with Gasteiger partial charge in [-0.05, 0) is 20.0 Å². The quantitative estimate of drug-likeness (QED) is 0.856. The Labute approximate surface area is 115 Å². The van der Waals surface area contributed by atoms with Gasteiger partial charge in [-0.1, -0.05) is 20.8 Å². The molecule has 1 heterocycles. The molecule has 0 bridgehead atoms. The Morgan fingerprint density at radius 1 is 1.47 bits per heavy atom. The van der Waals surface area contributed by atoms with Crippen molar-refractivity contribution in [3.8, 4) is 0 Å². The topological polar surface area (TPSA) is 58.4 Å². The van der Waals surface area contributed by atoms with Crippen molar-refractivity contribution < 1.29 is 9.90 Å². The Bertz CT molecular complexity index is 432. The lowest BCUT2D eigenvalue weighted by Crippen LogP contribution is -2.22. The van der Waals surface area contributed by atoms with E-state index in [9.17, 15) is 4.79 Å². The van der Waals surface area contributed by atoms with E-state index in [1.54, 1.807) is 0 Å². The van der Waals surface area contributed by atoms with E-state index in [1.165, 1.54) is 5.56 Å². The first kappa shape index (κ1) is 15.7. The van der Waals surface area contributed by atoms with E-state index in [0.717, 1.165) is 18.8 Å². The summed E-state index contributed by atoms with van der Waals surface area (Å²) in [6.07, 6.45) is 2.95. The van der Waals surface area contributed by atoms with E-state index in [4.69, 9.17) is 5.11 Å². The monoisotopic (exact) mass is 267 g/mol. The molecule has 0 fully saturated rings. The third kappa shape index (κ3) is 5.03. The lowest BCUT2D eigenvalue weighted by molar-refractivity contribution is -0.137. The third-order valence-corrected chi connectivity index (χ3v) is 2.99. The molecule has 0 atom stereocenters. The molecule has 0 aliphatic heterocycles. The fraction of sp³-hybridized carbons (Fsp3) is 0.714. The summed E-state index contributed by atoms with van der Waals surface area (Å²) in [6, 6.07) is 0. The van der Waals surface area contributed by atoms with Crippen molar-refractivity contribution in [3.63, 3.8) is 0 Å². The molecule has 0 unspecified atom stereocenters. The molecule has 19 heavy (non-hydrogen) atoms. The number of carboxylic acids is 1. The van der Waals surface area contributed by atoms with Crippen molar-refractivity contribution in [2.45, 2.75) is 45.6 Å². The normalized spacial score (nSPS) is 12.1. The number of hydrogen-bond acceptors (Lipinski definition) is 3. The van der Waals surface area contributed by atoms with Gasteiger partial charge in [0.1, 0.15) is 0 Å². The average Bonchev–Trinajstić information content (AvgIpc) is 2.58. The standard InChI is InChI=1S/C14H25N3O2/c1-14(2,3)13-11(10-17(5)15-13)9-16(4)8-6-7-12(18)19/h10H,6-9H2,1-5H3,(H,18,19). The third-order valence-electron chi connectivity index (χ3n) is 2.99. The lowest BCUT2D eigenvalue weighted by Gasteiger charge is -2.21. The van der Waals surface area contributed by atoms with Crippen molar-refractivity contribution in [1.29, 1.82) is 0 Å². The Hall–Kier alpha value is -1.36. The molecular weight excluding hydrogens is 242 g/mol. The van der Waals surface area contributed by atoms with Crippen LogP contribution in [0.15, 0.2) is 6.20 Å². The van der Waals surface area contributed by atoms with Gasteiger partial charge in [-0.25, -0.2) is 0 Å². The summed E-state index contributed by atoms with van der Waals surface area (Å²) >= 11 is 0. The highest BCUT2D eigenvalue weighted by Crippen LogP contribution is 2.24. The number of rotatable bonds is 6. The summed E-state index contributed by atoms with van der Waals surface area (Å²) in [5, 5.41) is 13.2. The minimum absolute atomic E-state index is 0.0263. The van der Waals surface area contributed by atoms with E-state index >= 15 is 0 Å². The average molecular weight is 267 g/mol. The van der Waals surface area contributed by atoms with Crippen molar-refractivity contribution in [2.24, 2.45) is 7.05 Å². The molecular formula is C14H25N3O2. The van der Waals surface area contributed by atoms with Crippen LogP contribution < -0.4 is 0 Å². The highest BCUT2D eigenvalue weighted by atomic mass is 16.4. The summed E-state index contributed by atoms with van der Waals surface area (Å²) < 4.78 is 1.85. The van der Waals surface area contributed by atoms with Crippen LogP contribution >= 0.6 is 0 Å². The van der Waals surface area contributed by atoms with E-state index in [1.807, 2.05) is 25.0 Å².